The van der Waals surface area contributed by atoms with Gasteiger partial charge in [0.2, 0.25) is 0 Å². The molecule has 0 atom stereocenters. The lowest BCUT2D eigenvalue weighted by molar-refractivity contribution is 0.418. The minimum absolute atomic E-state index is 0.127. The van der Waals surface area contributed by atoms with Crippen LogP contribution in [0.3, 0.4) is 0 Å². The molecule has 0 unspecified atom stereocenters. The van der Waals surface area contributed by atoms with E-state index in [9.17, 15) is 4.79 Å². The first-order valence-corrected chi connectivity index (χ1v) is 8.66. The zero-order valence-corrected chi connectivity index (χ0v) is 14.9. The first-order valence-electron chi connectivity index (χ1n) is 8.66. The number of rotatable bonds is 4. The molecule has 4 rings (SSSR count). The van der Waals surface area contributed by atoms with Crippen molar-refractivity contribution in [3.05, 3.63) is 101 Å². The molecule has 0 aliphatic rings. The fourth-order valence-corrected chi connectivity index (χ4v) is 3.04. The van der Waals surface area contributed by atoms with Gasteiger partial charge >= 0.3 is 0 Å². The van der Waals surface area contributed by atoms with Crippen molar-refractivity contribution in [2.24, 2.45) is 0 Å². The second-order valence-corrected chi connectivity index (χ2v) is 6.05. The summed E-state index contributed by atoms with van der Waals surface area (Å²) in [4.78, 5) is 18.0. The van der Waals surface area contributed by atoms with Gasteiger partial charge in [0.1, 0.15) is 17.1 Å². The average molecular weight is 354 g/mol. The molecule has 4 nitrogen and oxygen atoms in total. The first-order chi connectivity index (χ1) is 13.3. The van der Waals surface area contributed by atoms with Gasteiger partial charge in [0.15, 0.2) is 0 Å². The van der Waals surface area contributed by atoms with Crippen molar-refractivity contribution < 1.29 is 4.74 Å². The Balaban J connectivity index is 1.99. The molecule has 0 bridgehead atoms. The van der Waals surface area contributed by atoms with E-state index in [0.717, 1.165) is 11.3 Å². The third kappa shape index (κ3) is 3.25. The van der Waals surface area contributed by atoms with Crippen molar-refractivity contribution in [3.8, 4) is 11.4 Å². The quantitative estimate of drug-likeness (QED) is 0.539. The summed E-state index contributed by atoms with van der Waals surface area (Å²) in [5.74, 6) is 1.13. The monoisotopic (exact) mass is 354 g/mol. The largest absolute Gasteiger partial charge is 0.494 e. The summed E-state index contributed by atoms with van der Waals surface area (Å²) in [6.07, 6.45) is 3.80. The summed E-state index contributed by atoms with van der Waals surface area (Å²) in [5, 5.41) is 0.523. The Labute approximate surface area is 157 Å². The molecule has 0 saturated carbocycles. The molecule has 4 heteroatoms. The summed E-state index contributed by atoms with van der Waals surface area (Å²) in [7, 11) is 1.58. The third-order valence-electron chi connectivity index (χ3n) is 4.35. The third-order valence-corrected chi connectivity index (χ3v) is 4.35. The van der Waals surface area contributed by atoms with Crippen LogP contribution in [-0.2, 0) is 0 Å². The van der Waals surface area contributed by atoms with Gasteiger partial charge in [-0.25, -0.2) is 4.98 Å². The van der Waals surface area contributed by atoms with Crippen LogP contribution < -0.4 is 10.3 Å². The lowest BCUT2D eigenvalue weighted by atomic mass is 10.2. The molecule has 0 aliphatic carbocycles. The average Bonchev–Trinajstić information content (AvgIpc) is 2.73. The van der Waals surface area contributed by atoms with Gasteiger partial charge in [-0.1, -0.05) is 60.7 Å². The molecule has 0 saturated heterocycles. The van der Waals surface area contributed by atoms with Crippen LogP contribution in [0.5, 0.6) is 5.75 Å². The Bertz CT molecular complexity index is 1160. The molecule has 0 radical (unpaired) electrons. The number of fused-ring (bicyclic) bond motifs is 1. The Morgan fingerprint density at radius 3 is 2.26 bits per heavy atom. The van der Waals surface area contributed by atoms with Gasteiger partial charge in [0.25, 0.3) is 5.56 Å². The van der Waals surface area contributed by atoms with Crippen molar-refractivity contribution in [2.45, 2.75) is 0 Å². The number of para-hydroxylation sites is 2. The molecule has 1 aromatic heterocycles. The molecule has 3 aromatic carbocycles. The van der Waals surface area contributed by atoms with Crippen LogP contribution in [0.15, 0.2) is 83.7 Å². The number of ether oxygens (including phenoxy) is 1. The normalized spacial score (nSPS) is 11.1. The maximum Gasteiger partial charge on any atom is 0.266 e. The summed E-state index contributed by atoms with van der Waals surface area (Å²) in [6, 6.07) is 24.8. The van der Waals surface area contributed by atoms with Crippen LogP contribution in [0.1, 0.15) is 11.4 Å². The fraction of sp³-hybridized carbons (Fsp3) is 0.0435. The van der Waals surface area contributed by atoms with Crippen LogP contribution >= 0.6 is 0 Å². The topological polar surface area (TPSA) is 44.1 Å². The molecule has 4 aromatic rings. The number of methoxy groups -OCH3 is 1. The predicted molar refractivity (Wildman–Crippen MR) is 109 cm³/mol. The first kappa shape index (κ1) is 16.8. The highest BCUT2D eigenvalue weighted by molar-refractivity contribution is 5.85. The van der Waals surface area contributed by atoms with E-state index in [1.54, 1.807) is 23.8 Å². The van der Waals surface area contributed by atoms with Crippen LogP contribution in [0.2, 0.25) is 0 Å². The lowest BCUT2D eigenvalue weighted by Gasteiger charge is -2.12. The zero-order chi connectivity index (χ0) is 18.6. The van der Waals surface area contributed by atoms with Gasteiger partial charge in [-0.2, -0.15) is 0 Å². The van der Waals surface area contributed by atoms with E-state index in [2.05, 4.69) is 0 Å². The Kier molecular flexibility index (Phi) is 4.54. The van der Waals surface area contributed by atoms with Crippen molar-refractivity contribution in [3.63, 3.8) is 0 Å². The SMILES string of the molecule is COc1cccc2c(=O)n(-c3ccccc3)c(C=Cc3ccccc3)nc12. The Morgan fingerprint density at radius 2 is 1.56 bits per heavy atom. The Hall–Kier alpha value is -3.66. The highest BCUT2D eigenvalue weighted by atomic mass is 16.5. The highest BCUT2D eigenvalue weighted by Crippen LogP contribution is 2.23. The highest BCUT2D eigenvalue weighted by Gasteiger charge is 2.13. The minimum atomic E-state index is -0.127. The summed E-state index contributed by atoms with van der Waals surface area (Å²) in [6.45, 7) is 0. The van der Waals surface area contributed by atoms with Crippen LogP contribution in [-0.4, -0.2) is 16.7 Å². The predicted octanol–water partition coefficient (Wildman–Crippen LogP) is 4.56. The number of nitrogens with zero attached hydrogens (tertiary/aromatic N) is 2. The van der Waals surface area contributed by atoms with Gasteiger partial charge in [-0.3, -0.25) is 9.36 Å². The van der Waals surface area contributed by atoms with Gasteiger partial charge in [-0.15, -0.1) is 0 Å². The van der Waals surface area contributed by atoms with Crippen molar-refractivity contribution in [2.75, 3.05) is 7.11 Å². The van der Waals surface area contributed by atoms with E-state index in [1.165, 1.54) is 0 Å². The maximum atomic E-state index is 13.3. The van der Waals surface area contributed by atoms with E-state index in [-0.39, 0.29) is 5.56 Å². The number of hydrogen-bond donors (Lipinski definition) is 0. The Morgan fingerprint density at radius 1 is 0.852 bits per heavy atom. The molecule has 0 aliphatic heterocycles. The van der Waals surface area contributed by atoms with E-state index < -0.39 is 0 Å². The van der Waals surface area contributed by atoms with Crippen LogP contribution in [0.4, 0.5) is 0 Å². The number of hydrogen-bond acceptors (Lipinski definition) is 3. The van der Waals surface area contributed by atoms with Crippen LogP contribution in [0.25, 0.3) is 28.7 Å². The lowest BCUT2D eigenvalue weighted by Crippen LogP contribution is -2.22. The molecule has 132 valence electrons. The van der Waals surface area contributed by atoms with Crippen LogP contribution in [0, 0.1) is 0 Å². The zero-order valence-electron chi connectivity index (χ0n) is 14.9. The van der Waals surface area contributed by atoms with Gasteiger partial charge in [-0.05, 0) is 35.9 Å². The van der Waals surface area contributed by atoms with Crippen molar-refractivity contribution in [1.29, 1.82) is 0 Å². The van der Waals surface area contributed by atoms with Gasteiger partial charge < -0.3 is 4.74 Å². The smallest absolute Gasteiger partial charge is 0.266 e. The molecule has 0 N–H and O–H groups in total. The van der Waals surface area contributed by atoms with Gasteiger partial charge in [0.05, 0.1) is 18.2 Å². The molecule has 1 heterocycles. The number of benzene rings is 3. The molecule has 0 fully saturated rings. The van der Waals surface area contributed by atoms with E-state index in [0.29, 0.717) is 22.5 Å². The molecule has 0 amide bonds. The van der Waals surface area contributed by atoms with E-state index in [1.807, 2.05) is 78.9 Å². The second-order valence-electron chi connectivity index (χ2n) is 6.05. The molecule has 0 spiro atoms. The maximum absolute atomic E-state index is 13.3. The van der Waals surface area contributed by atoms with Crippen molar-refractivity contribution >= 4 is 23.1 Å². The molecular weight excluding hydrogens is 336 g/mol. The van der Waals surface area contributed by atoms with Gasteiger partial charge in [0, 0.05) is 0 Å². The summed E-state index contributed by atoms with van der Waals surface area (Å²) < 4.78 is 7.04. The van der Waals surface area contributed by atoms with E-state index >= 15 is 0 Å². The standard InChI is InChI=1S/C23H18N2O2/c1-27-20-14-8-13-19-22(20)24-21(16-15-17-9-4-2-5-10-17)25(23(19)26)18-11-6-3-7-12-18/h2-16H,1H3. The van der Waals surface area contributed by atoms with E-state index in [4.69, 9.17) is 9.72 Å². The second kappa shape index (κ2) is 7.30. The minimum Gasteiger partial charge on any atom is -0.494 e. The van der Waals surface area contributed by atoms with Crippen molar-refractivity contribution in [1.82, 2.24) is 9.55 Å². The fourth-order valence-electron chi connectivity index (χ4n) is 3.04. The molecular formula is C23H18N2O2. The number of aromatic nitrogens is 2. The summed E-state index contributed by atoms with van der Waals surface area (Å²) in [5.41, 5.74) is 2.24. The molecule has 27 heavy (non-hydrogen) atoms. The summed E-state index contributed by atoms with van der Waals surface area (Å²) >= 11 is 0.